The number of hydrogen-bond acceptors (Lipinski definition) is 5. The maximum absolute atomic E-state index is 12.7. The summed E-state index contributed by atoms with van der Waals surface area (Å²) >= 11 is 0. The van der Waals surface area contributed by atoms with Crippen molar-refractivity contribution < 1.29 is 9.53 Å². The third kappa shape index (κ3) is 4.37. The Morgan fingerprint density at radius 3 is 2.73 bits per heavy atom. The number of ether oxygens (including phenoxy) is 1. The molecule has 2 aliphatic heterocycles. The van der Waals surface area contributed by atoms with Gasteiger partial charge in [-0.1, -0.05) is 12.1 Å². The van der Waals surface area contributed by atoms with E-state index in [0.29, 0.717) is 11.6 Å². The third-order valence-electron chi connectivity index (χ3n) is 7.81. The predicted molar refractivity (Wildman–Crippen MR) is 147 cm³/mol. The Morgan fingerprint density at radius 2 is 1.97 bits per heavy atom. The quantitative estimate of drug-likeness (QED) is 0.417. The van der Waals surface area contributed by atoms with E-state index in [2.05, 4.69) is 58.8 Å². The second-order valence-corrected chi connectivity index (χ2v) is 10.2. The molecule has 7 nitrogen and oxygen atoms in total. The van der Waals surface area contributed by atoms with E-state index in [-0.39, 0.29) is 5.91 Å². The molecule has 2 aromatic heterocycles. The average molecular weight is 496 g/mol. The minimum atomic E-state index is -0.169. The zero-order chi connectivity index (χ0) is 25.5. The van der Waals surface area contributed by atoms with Crippen molar-refractivity contribution in [2.75, 3.05) is 31.7 Å². The van der Waals surface area contributed by atoms with Gasteiger partial charge in [0.1, 0.15) is 11.5 Å². The lowest BCUT2D eigenvalue weighted by Gasteiger charge is -2.33. The molecule has 2 aromatic carbocycles. The molecule has 0 bridgehead atoms. The highest BCUT2D eigenvalue weighted by Gasteiger charge is 2.25. The van der Waals surface area contributed by atoms with Crippen molar-refractivity contribution in [1.82, 2.24) is 20.1 Å². The Kier molecular flexibility index (Phi) is 6.16. The molecule has 1 N–H and O–H groups in total. The largest absolute Gasteiger partial charge is 0.381 e. The average Bonchev–Trinajstić information content (AvgIpc) is 3.37. The van der Waals surface area contributed by atoms with Crippen molar-refractivity contribution in [3.8, 4) is 11.1 Å². The third-order valence-corrected chi connectivity index (χ3v) is 7.81. The van der Waals surface area contributed by atoms with Crippen LogP contribution >= 0.6 is 0 Å². The fourth-order valence-electron chi connectivity index (χ4n) is 5.81. The fraction of sp³-hybridized carbons (Fsp3) is 0.367. The Labute approximate surface area is 217 Å². The summed E-state index contributed by atoms with van der Waals surface area (Å²) in [4.78, 5) is 20.0. The van der Waals surface area contributed by atoms with Crippen LogP contribution in [0.3, 0.4) is 0 Å². The van der Waals surface area contributed by atoms with Gasteiger partial charge in [-0.2, -0.15) is 5.10 Å². The number of fused-ring (bicyclic) bond motifs is 2. The van der Waals surface area contributed by atoms with Crippen LogP contribution in [0.2, 0.25) is 0 Å². The number of benzene rings is 2. The van der Waals surface area contributed by atoms with Gasteiger partial charge in [-0.05, 0) is 90.4 Å². The molecular weight excluding hydrogens is 462 g/mol. The Hall–Kier alpha value is -3.71. The number of carbonyl (C=O) groups is 1. The van der Waals surface area contributed by atoms with Crippen molar-refractivity contribution in [1.29, 1.82) is 0 Å². The number of nitrogens with zero attached hydrogens (tertiary/aromatic N) is 4. The van der Waals surface area contributed by atoms with Gasteiger partial charge in [0.05, 0.1) is 6.20 Å². The summed E-state index contributed by atoms with van der Waals surface area (Å²) in [6.45, 7) is 4.63. The van der Waals surface area contributed by atoms with Crippen molar-refractivity contribution >= 4 is 28.2 Å². The van der Waals surface area contributed by atoms with Crippen molar-refractivity contribution in [2.45, 2.75) is 38.5 Å². The SMILES string of the molecule is CNC(=O)c1cc2ccc(C3CCOCC3)cc2c(N2CCCc3cc(-c4cnn(C)c4)c(C)cc32)n1. The minimum Gasteiger partial charge on any atom is -0.381 e. The first kappa shape index (κ1) is 23.7. The van der Waals surface area contributed by atoms with Gasteiger partial charge in [-0.15, -0.1) is 0 Å². The first-order valence-corrected chi connectivity index (χ1v) is 13.2. The summed E-state index contributed by atoms with van der Waals surface area (Å²) < 4.78 is 7.45. The molecule has 4 heterocycles. The molecule has 0 aliphatic carbocycles. The summed E-state index contributed by atoms with van der Waals surface area (Å²) in [5.74, 6) is 1.18. The summed E-state index contributed by atoms with van der Waals surface area (Å²) in [5, 5.41) is 9.26. The molecule has 0 spiro atoms. The van der Waals surface area contributed by atoms with Gasteiger partial charge >= 0.3 is 0 Å². The maximum Gasteiger partial charge on any atom is 0.269 e. The lowest BCUT2D eigenvalue weighted by Crippen LogP contribution is -2.27. The summed E-state index contributed by atoms with van der Waals surface area (Å²) in [6, 6.07) is 13.2. The van der Waals surface area contributed by atoms with Gasteiger partial charge in [0, 0.05) is 56.7 Å². The molecule has 6 rings (SSSR count). The van der Waals surface area contributed by atoms with Crippen molar-refractivity contribution in [3.63, 3.8) is 0 Å². The highest BCUT2D eigenvalue weighted by Crippen LogP contribution is 2.41. The number of aromatic nitrogens is 3. The summed E-state index contributed by atoms with van der Waals surface area (Å²) in [7, 11) is 3.60. The van der Waals surface area contributed by atoms with Gasteiger partial charge < -0.3 is 15.0 Å². The predicted octanol–water partition coefficient (Wildman–Crippen LogP) is 5.28. The number of carbonyl (C=O) groups excluding carboxylic acids is 1. The minimum absolute atomic E-state index is 0.169. The molecule has 0 radical (unpaired) electrons. The zero-order valence-corrected chi connectivity index (χ0v) is 21.8. The van der Waals surface area contributed by atoms with E-state index >= 15 is 0 Å². The number of nitrogens with one attached hydrogen (secondary N) is 1. The fourth-order valence-corrected chi connectivity index (χ4v) is 5.81. The van der Waals surface area contributed by atoms with Gasteiger partial charge in [-0.3, -0.25) is 9.48 Å². The molecule has 37 heavy (non-hydrogen) atoms. The summed E-state index contributed by atoms with van der Waals surface area (Å²) in [6.07, 6.45) is 8.10. The molecule has 2 aliphatic rings. The molecule has 4 aromatic rings. The lowest BCUT2D eigenvalue weighted by atomic mass is 9.90. The summed E-state index contributed by atoms with van der Waals surface area (Å²) in [5.41, 5.74) is 7.80. The maximum atomic E-state index is 12.7. The molecule has 1 amide bonds. The standard InChI is InChI=1S/C30H33N5O2/c1-19-13-28-23(15-25(19)24-17-32-34(3)18-24)5-4-10-35(28)29-26-14-21(20-8-11-37-12-9-20)6-7-22(26)16-27(33-29)30(36)31-2/h6-7,13-18,20H,4-5,8-12H2,1-3H3,(H,31,36). The zero-order valence-electron chi connectivity index (χ0n) is 21.8. The topological polar surface area (TPSA) is 72.3 Å². The van der Waals surface area contributed by atoms with Crippen LogP contribution in [0, 0.1) is 6.92 Å². The number of hydrogen-bond donors (Lipinski definition) is 1. The van der Waals surface area contributed by atoms with Crippen LogP contribution in [0.15, 0.2) is 48.8 Å². The van der Waals surface area contributed by atoms with Gasteiger partial charge in [-0.25, -0.2) is 4.98 Å². The molecule has 1 saturated heterocycles. The number of aryl methyl sites for hydroxylation is 3. The van der Waals surface area contributed by atoms with Crippen LogP contribution < -0.4 is 10.2 Å². The molecule has 0 saturated carbocycles. The van der Waals surface area contributed by atoms with E-state index < -0.39 is 0 Å². The van der Waals surface area contributed by atoms with E-state index in [1.54, 1.807) is 7.05 Å². The number of pyridine rings is 1. The molecule has 190 valence electrons. The van der Waals surface area contributed by atoms with Crippen LogP contribution in [-0.4, -0.2) is 47.5 Å². The lowest BCUT2D eigenvalue weighted by molar-refractivity contribution is 0.0853. The highest BCUT2D eigenvalue weighted by molar-refractivity contribution is 6.01. The van der Waals surface area contributed by atoms with Gasteiger partial charge in [0.2, 0.25) is 0 Å². The Morgan fingerprint density at radius 1 is 1.14 bits per heavy atom. The molecular formula is C30H33N5O2. The van der Waals surface area contributed by atoms with E-state index in [9.17, 15) is 4.79 Å². The van der Waals surface area contributed by atoms with E-state index in [4.69, 9.17) is 9.72 Å². The molecule has 0 unspecified atom stereocenters. The van der Waals surface area contributed by atoms with E-state index in [0.717, 1.165) is 67.6 Å². The van der Waals surface area contributed by atoms with Gasteiger partial charge in [0.25, 0.3) is 5.91 Å². The molecule has 0 atom stereocenters. The second kappa shape index (κ2) is 9.63. The monoisotopic (exact) mass is 495 g/mol. The highest BCUT2D eigenvalue weighted by atomic mass is 16.5. The normalized spacial score (nSPS) is 16.1. The van der Waals surface area contributed by atoms with E-state index in [1.807, 2.05) is 24.0 Å². The number of rotatable bonds is 4. The first-order chi connectivity index (χ1) is 18.0. The molecule has 7 heteroatoms. The van der Waals surface area contributed by atoms with Gasteiger partial charge in [0.15, 0.2) is 0 Å². The van der Waals surface area contributed by atoms with Crippen LogP contribution in [0.5, 0.6) is 0 Å². The van der Waals surface area contributed by atoms with Crippen LogP contribution in [0.1, 0.15) is 52.4 Å². The van der Waals surface area contributed by atoms with E-state index in [1.165, 1.54) is 27.9 Å². The number of amides is 1. The van der Waals surface area contributed by atoms with Crippen LogP contribution in [0.4, 0.5) is 11.5 Å². The second-order valence-electron chi connectivity index (χ2n) is 10.2. The molecule has 1 fully saturated rings. The van der Waals surface area contributed by atoms with Crippen LogP contribution in [0.25, 0.3) is 21.9 Å². The van der Waals surface area contributed by atoms with Crippen LogP contribution in [-0.2, 0) is 18.2 Å². The number of anilines is 2. The Balaban J connectivity index is 1.50. The van der Waals surface area contributed by atoms with Crippen molar-refractivity contribution in [2.24, 2.45) is 7.05 Å². The smallest absolute Gasteiger partial charge is 0.269 e. The Bertz CT molecular complexity index is 1490. The first-order valence-electron chi connectivity index (χ1n) is 13.2. The van der Waals surface area contributed by atoms with Crippen molar-refractivity contribution in [3.05, 3.63) is 71.2 Å².